The first kappa shape index (κ1) is 16.4. The lowest BCUT2D eigenvalue weighted by Gasteiger charge is -2.58. The maximum Gasteiger partial charge on any atom is 0.243 e. The van der Waals surface area contributed by atoms with Gasteiger partial charge < -0.3 is 20.1 Å². The number of amides is 1. The molecule has 0 spiro atoms. The first-order valence-electron chi connectivity index (χ1n) is 7.05. The molecule has 1 fully saturated rings. The van der Waals surface area contributed by atoms with Crippen LogP contribution in [0.5, 0.6) is 0 Å². The molecule has 0 heterocycles. The van der Waals surface area contributed by atoms with Crippen molar-refractivity contribution >= 4 is 5.91 Å². The first-order valence-corrected chi connectivity index (χ1v) is 7.05. The Kier molecular flexibility index (Phi) is 5.35. The topological polar surface area (TPSA) is 64.8 Å². The van der Waals surface area contributed by atoms with Gasteiger partial charge in [-0.15, -0.1) is 0 Å². The van der Waals surface area contributed by atoms with Crippen LogP contribution in [0.15, 0.2) is 0 Å². The maximum absolute atomic E-state index is 12.5. The molecule has 0 aliphatic heterocycles. The van der Waals surface area contributed by atoms with Crippen LogP contribution >= 0.6 is 0 Å². The molecule has 1 aliphatic carbocycles. The van der Waals surface area contributed by atoms with Gasteiger partial charge in [0.1, 0.15) is 5.54 Å². The Hall–Kier alpha value is -0.650. The van der Waals surface area contributed by atoms with E-state index < -0.39 is 5.54 Å². The van der Waals surface area contributed by atoms with E-state index in [0.717, 1.165) is 0 Å². The fraction of sp³-hybridized carbons (Fsp3) is 0.929. The van der Waals surface area contributed by atoms with E-state index in [2.05, 4.69) is 0 Å². The summed E-state index contributed by atoms with van der Waals surface area (Å²) in [6.07, 6.45) is 0.651. The molecule has 2 atom stereocenters. The number of hydrogen-bond donors (Lipinski definition) is 1. The summed E-state index contributed by atoms with van der Waals surface area (Å²) >= 11 is 0. The minimum atomic E-state index is -0.826. The van der Waals surface area contributed by atoms with Gasteiger partial charge in [0.2, 0.25) is 5.91 Å². The van der Waals surface area contributed by atoms with Gasteiger partial charge in [-0.1, -0.05) is 13.8 Å². The van der Waals surface area contributed by atoms with Crippen molar-refractivity contribution in [1.29, 1.82) is 0 Å². The Morgan fingerprint density at radius 1 is 1.37 bits per heavy atom. The number of nitrogens with two attached hydrogens (primary N) is 1. The van der Waals surface area contributed by atoms with Gasteiger partial charge in [-0.3, -0.25) is 4.79 Å². The molecule has 112 valence electrons. The van der Waals surface area contributed by atoms with Crippen LogP contribution in [0.2, 0.25) is 0 Å². The molecule has 1 aliphatic rings. The van der Waals surface area contributed by atoms with Gasteiger partial charge in [0.05, 0.1) is 12.7 Å². The second-order valence-corrected chi connectivity index (χ2v) is 5.76. The fourth-order valence-corrected chi connectivity index (χ4v) is 2.59. The van der Waals surface area contributed by atoms with E-state index in [4.69, 9.17) is 15.2 Å². The monoisotopic (exact) mass is 272 g/mol. The van der Waals surface area contributed by atoms with E-state index in [1.54, 1.807) is 11.9 Å². The quantitative estimate of drug-likeness (QED) is 0.703. The molecule has 0 bridgehead atoms. The summed E-state index contributed by atoms with van der Waals surface area (Å²) in [5.74, 6) is -0.0202. The van der Waals surface area contributed by atoms with E-state index in [1.807, 2.05) is 27.7 Å². The predicted octanol–water partition coefficient (Wildman–Crippen LogP) is 1.01. The molecule has 1 saturated carbocycles. The number of ether oxygens (including phenoxy) is 2. The Morgan fingerprint density at radius 2 is 2.00 bits per heavy atom. The van der Waals surface area contributed by atoms with Gasteiger partial charge in [0.15, 0.2) is 0 Å². The molecule has 19 heavy (non-hydrogen) atoms. The fourth-order valence-electron chi connectivity index (χ4n) is 2.59. The molecule has 5 nitrogen and oxygen atoms in total. The molecule has 0 aromatic heterocycles. The van der Waals surface area contributed by atoms with Gasteiger partial charge in [-0.05, 0) is 13.8 Å². The van der Waals surface area contributed by atoms with Gasteiger partial charge in [0.25, 0.3) is 0 Å². The highest BCUT2D eigenvalue weighted by atomic mass is 16.5. The van der Waals surface area contributed by atoms with Crippen LogP contribution in [-0.2, 0) is 14.3 Å². The van der Waals surface area contributed by atoms with Crippen molar-refractivity contribution in [2.24, 2.45) is 11.1 Å². The number of nitrogens with zero attached hydrogens (tertiary/aromatic N) is 1. The minimum Gasteiger partial charge on any atom is -0.380 e. The molecular weight excluding hydrogens is 244 g/mol. The molecule has 2 unspecified atom stereocenters. The van der Waals surface area contributed by atoms with Crippen molar-refractivity contribution in [1.82, 2.24) is 4.90 Å². The summed E-state index contributed by atoms with van der Waals surface area (Å²) in [6, 6.07) is 0. The lowest BCUT2D eigenvalue weighted by Crippen LogP contribution is -2.75. The van der Waals surface area contributed by atoms with E-state index in [0.29, 0.717) is 32.8 Å². The number of hydrogen-bond acceptors (Lipinski definition) is 4. The third-order valence-electron chi connectivity index (χ3n) is 4.33. The molecule has 1 rings (SSSR count). The van der Waals surface area contributed by atoms with Crippen molar-refractivity contribution in [2.75, 3.05) is 33.4 Å². The second kappa shape index (κ2) is 6.20. The van der Waals surface area contributed by atoms with Crippen LogP contribution in [0.1, 0.15) is 34.1 Å². The van der Waals surface area contributed by atoms with Gasteiger partial charge in [0, 0.05) is 38.6 Å². The Balaban J connectivity index is 2.61. The summed E-state index contributed by atoms with van der Waals surface area (Å²) in [5.41, 5.74) is 5.18. The average molecular weight is 272 g/mol. The zero-order valence-corrected chi connectivity index (χ0v) is 12.9. The third kappa shape index (κ3) is 2.93. The van der Waals surface area contributed by atoms with Gasteiger partial charge >= 0.3 is 0 Å². The van der Waals surface area contributed by atoms with Crippen LogP contribution in [0, 0.1) is 5.41 Å². The summed E-state index contributed by atoms with van der Waals surface area (Å²) in [6.45, 7) is 10.3. The lowest BCUT2D eigenvalue weighted by atomic mass is 9.54. The molecule has 5 heteroatoms. The van der Waals surface area contributed by atoms with E-state index in [9.17, 15) is 4.79 Å². The van der Waals surface area contributed by atoms with Crippen LogP contribution in [0.3, 0.4) is 0 Å². The number of carbonyl (C=O) groups excluding carboxylic acids is 1. The molecule has 0 saturated heterocycles. The summed E-state index contributed by atoms with van der Waals surface area (Å²) in [4.78, 5) is 14.2. The molecule has 2 N–H and O–H groups in total. The van der Waals surface area contributed by atoms with E-state index in [-0.39, 0.29) is 17.4 Å². The smallest absolute Gasteiger partial charge is 0.243 e. The molecule has 0 radical (unpaired) electrons. The van der Waals surface area contributed by atoms with Crippen molar-refractivity contribution in [2.45, 2.75) is 45.8 Å². The van der Waals surface area contributed by atoms with Crippen LogP contribution in [0.4, 0.5) is 0 Å². The van der Waals surface area contributed by atoms with Crippen molar-refractivity contribution in [3.63, 3.8) is 0 Å². The molecule has 0 aromatic carbocycles. The maximum atomic E-state index is 12.5. The van der Waals surface area contributed by atoms with Crippen molar-refractivity contribution in [3.05, 3.63) is 0 Å². The zero-order chi connectivity index (χ0) is 14.7. The standard InChI is InChI=1S/C14H28N2O3/c1-6-18-9-8-16(5)12(17)14(15)10-11(19-7-2)13(14,3)4/h11H,6-10,15H2,1-5H3. The normalized spacial score (nSPS) is 28.8. The third-order valence-corrected chi connectivity index (χ3v) is 4.33. The first-order chi connectivity index (χ1) is 8.81. The van der Waals surface area contributed by atoms with Crippen LogP contribution < -0.4 is 5.73 Å². The van der Waals surface area contributed by atoms with Gasteiger partial charge in [-0.25, -0.2) is 0 Å². The Morgan fingerprint density at radius 3 is 2.47 bits per heavy atom. The van der Waals surface area contributed by atoms with E-state index >= 15 is 0 Å². The SMILES string of the molecule is CCOCCN(C)C(=O)C1(N)CC(OCC)C1(C)C. The largest absolute Gasteiger partial charge is 0.380 e. The summed E-state index contributed by atoms with van der Waals surface area (Å²) in [5, 5.41) is 0. The second-order valence-electron chi connectivity index (χ2n) is 5.76. The van der Waals surface area contributed by atoms with Crippen molar-refractivity contribution in [3.8, 4) is 0 Å². The zero-order valence-electron chi connectivity index (χ0n) is 12.9. The number of carbonyl (C=O) groups is 1. The summed E-state index contributed by atoms with van der Waals surface area (Å²) in [7, 11) is 1.78. The number of rotatable bonds is 7. The Bertz CT molecular complexity index is 320. The number of likely N-dealkylation sites (N-methyl/N-ethyl adjacent to an activating group) is 1. The highest BCUT2D eigenvalue weighted by Crippen LogP contribution is 2.50. The predicted molar refractivity (Wildman–Crippen MR) is 74.9 cm³/mol. The van der Waals surface area contributed by atoms with Gasteiger partial charge in [-0.2, -0.15) is 0 Å². The molecular formula is C14H28N2O3. The van der Waals surface area contributed by atoms with E-state index in [1.165, 1.54) is 0 Å². The highest BCUT2D eigenvalue weighted by Gasteiger charge is 2.63. The highest BCUT2D eigenvalue weighted by molar-refractivity contribution is 5.88. The average Bonchev–Trinajstić information content (AvgIpc) is 2.37. The minimum absolute atomic E-state index is 0.0202. The molecule has 0 aromatic rings. The lowest BCUT2D eigenvalue weighted by molar-refractivity contribution is -0.178. The summed E-state index contributed by atoms with van der Waals surface area (Å²) < 4.78 is 10.9. The van der Waals surface area contributed by atoms with Crippen LogP contribution in [-0.4, -0.2) is 55.9 Å². The van der Waals surface area contributed by atoms with Crippen LogP contribution in [0.25, 0.3) is 0 Å². The molecule has 1 amide bonds. The van der Waals surface area contributed by atoms with Crippen molar-refractivity contribution < 1.29 is 14.3 Å². The Labute approximate surface area is 116 Å².